The normalized spacial score (nSPS) is 11.7. The van der Waals surface area contributed by atoms with E-state index in [1.54, 1.807) is 0 Å². The van der Waals surface area contributed by atoms with E-state index in [2.05, 4.69) is 195 Å². The van der Waals surface area contributed by atoms with Crippen LogP contribution in [-0.4, -0.2) is 0 Å². The molecule has 9 aromatic carbocycles. The van der Waals surface area contributed by atoms with E-state index in [9.17, 15) is 0 Å². The molecule has 0 N–H and O–H groups in total. The van der Waals surface area contributed by atoms with Crippen LogP contribution >= 0.6 is 11.3 Å². The van der Waals surface area contributed by atoms with Gasteiger partial charge < -0.3 is 4.90 Å². The molecule has 1 aromatic heterocycles. The monoisotopic (exact) mass is 681 g/mol. The van der Waals surface area contributed by atoms with Crippen LogP contribution < -0.4 is 4.90 Å². The summed E-state index contributed by atoms with van der Waals surface area (Å²) in [6.07, 6.45) is 0. The first-order valence-electron chi connectivity index (χ1n) is 17.9. The fraction of sp³-hybridized carbons (Fsp3) is 0.0400. The second-order valence-electron chi connectivity index (χ2n) is 13.9. The molecular weight excluding hydrogens is 647 g/mol. The van der Waals surface area contributed by atoms with Crippen molar-refractivity contribution in [2.45, 2.75) is 13.8 Å². The van der Waals surface area contributed by atoms with Crippen LogP contribution in [0.15, 0.2) is 176 Å². The van der Waals surface area contributed by atoms with Crippen LogP contribution in [0.4, 0.5) is 17.1 Å². The third kappa shape index (κ3) is 5.06. The van der Waals surface area contributed by atoms with Crippen LogP contribution in [0.5, 0.6) is 0 Å². The van der Waals surface area contributed by atoms with Gasteiger partial charge in [0, 0.05) is 37.2 Å². The number of hydrogen-bond donors (Lipinski definition) is 0. The number of hydrogen-bond acceptors (Lipinski definition) is 2. The molecule has 0 radical (unpaired) electrons. The van der Waals surface area contributed by atoms with Crippen LogP contribution in [0.2, 0.25) is 0 Å². The zero-order chi connectivity index (χ0) is 34.8. The molecule has 0 spiro atoms. The number of nitrogens with zero attached hydrogens (tertiary/aromatic N) is 1. The summed E-state index contributed by atoms with van der Waals surface area (Å²) in [5.74, 6) is 0. The maximum Gasteiger partial charge on any atom is 0.0468 e. The van der Waals surface area contributed by atoms with Crippen molar-refractivity contribution in [3.05, 3.63) is 187 Å². The Morgan fingerprint density at radius 1 is 0.346 bits per heavy atom. The lowest BCUT2D eigenvalue weighted by Crippen LogP contribution is -2.10. The van der Waals surface area contributed by atoms with Gasteiger partial charge in [0.25, 0.3) is 0 Å². The first-order chi connectivity index (χ1) is 25.6. The molecule has 0 amide bonds. The summed E-state index contributed by atoms with van der Waals surface area (Å²) in [5.41, 5.74) is 11.0. The van der Waals surface area contributed by atoms with Crippen molar-refractivity contribution < 1.29 is 0 Å². The molecule has 52 heavy (non-hydrogen) atoms. The third-order valence-electron chi connectivity index (χ3n) is 10.5. The highest BCUT2D eigenvalue weighted by Gasteiger charge is 2.19. The van der Waals surface area contributed by atoms with Gasteiger partial charge in [-0.25, -0.2) is 0 Å². The van der Waals surface area contributed by atoms with E-state index < -0.39 is 0 Å². The van der Waals surface area contributed by atoms with Gasteiger partial charge in [0.1, 0.15) is 0 Å². The predicted octanol–water partition coefficient (Wildman–Crippen LogP) is 14.9. The van der Waals surface area contributed by atoms with E-state index >= 15 is 0 Å². The number of aryl methyl sites for hydroxylation is 2. The summed E-state index contributed by atoms with van der Waals surface area (Å²) >= 11 is 1.87. The van der Waals surface area contributed by atoms with Gasteiger partial charge in [-0.15, -0.1) is 11.3 Å². The van der Waals surface area contributed by atoms with E-state index in [1.165, 1.54) is 85.9 Å². The van der Waals surface area contributed by atoms with E-state index in [0.717, 1.165) is 17.1 Å². The molecule has 0 unspecified atom stereocenters. The topological polar surface area (TPSA) is 3.24 Å². The molecule has 2 heteroatoms. The molecule has 1 heterocycles. The van der Waals surface area contributed by atoms with Gasteiger partial charge >= 0.3 is 0 Å². The van der Waals surface area contributed by atoms with Crippen molar-refractivity contribution in [2.75, 3.05) is 4.90 Å². The Morgan fingerprint density at radius 2 is 0.827 bits per heavy atom. The molecule has 10 aromatic rings. The van der Waals surface area contributed by atoms with Crippen molar-refractivity contribution in [3.8, 4) is 22.3 Å². The number of fused-ring (bicyclic) bond motifs is 6. The van der Waals surface area contributed by atoms with Crippen molar-refractivity contribution in [1.82, 2.24) is 0 Å². The molecule has 0 bridgehead atoms. The number of anilines is 3. The van der Waals surface area contributed by atoms with Crippen LogP contribution in [0.25, 0.3) is 74.7 Å². The van der Waals surface area contributed by atoms with E-state index in [1.807, 2.05) is 11.3 Å². The average Bonchev–Trinajstić information content (AvgIpc) is 3.55. The van der Waals surface area contributed by atoms with E-state index in [-0.39, 0.29) is 0 Å². The molecule has 0 fully saturated rings. The summed E-state index contributed by atoms with van der Waals surface area (Å²) < 4.78 is 2.66. The Bertz CT molecular complexity index is 2900. The lowest BCUT2D eigenvalue weighted by Gasteiger charge is -2.26. The Hall–Kier alpha value is -6.22. The van der Waals surface area contributed by atoms with E-state index in [0.29, 0.717) is 0 Å². The molecular formula is C50H35NS. The molecule has 0 atom stereocenters. The smallest absolute Gasteiger partial charge is 0.0468 e. The lowest BCUT2D eigenvalue weighted by molar-refractivity contribution is 1.26. The Morgan fingerprint density at radius 3 is 1.44 bits per heavy atom. The van der Waals surface area contributed by atoms with Crippen molar-refractivity contribution in [1.29, 1.82) is 0 Å². The minimum Gasteiger partial charge on any atom is -0.310 e. The molecule has 0 saturated heterocycles. The SMILES string of the molecule is Cc1cccc(N(c2cccc(C)c2)c2ccc3cc(-c4c5ccccc5c(-c5ccc6sc7ccccc7c6c5)c5ccccc45)ccc3c2)c1. The predicted molar refractivity (Wildman–Crippen MR) is 227 cm³/mol. The van der Waals surface area contributed by atoms with Crippen LogP contribution in [0.3, 0.4) is 0 Å². The van der Waals surface area contributed by atoms with Gasteiger partial charge in [-0.2, -0.15) is 0 Å². The van der Waals surface area contributed by atoms with Gasteiger partial charge in [-0.05, 0) is 140 Å². The maximum absolute atomic E-state index is 2.41. The fourth-order valence-corrected chi connectivity index (χ4v) is 9.23. The number of rotatable bonds is 5. The van der Waals surface area contributed by atoms with Gasteiger partial charge in [0.05, 0.1) is 0 Å². The van der Waals surface area contributed by atoms with Gasteiger partial charge in [-0.3, -0.25) is 0 Å². The van der Waals surface area contributed by atoms with Crippen molar-refractivity contribution in [3.63, 3.8) is 0 Å². The van der Waals surface area contributed by atoms with Gasteiger partial charge in [0.15, 0.2) is 0 Å². The lowest BCUT2D eigenvalue weighted by atomic mass is 9.85. The van der Waals surface area contributed by atoms with Gasteiger partial charge in [0.2, 0.25) is 0 Å². The maximum atomic E-state index is 2.41. The second kappa shape index (κ2) is 12.2. The minimum atomic E-state index is 1.15. The standard InChI is InChI=1S/C50H35NS/c1-32-11-9-13-38(27-32)51(39-14-10-12-33(2)28-39)40-25-23-34-29-36(22-21-35(34)30-40)49-42-16-3-5-18-44(42)50(45-19-6-4-17-43(45)49)37-24-26-48-46(31-37)41-15-7-8-20-47(41)52-48/h3-31H,1-2H3. The molecule has 0 saturated carbocycles. The van der Waals surface area contributed by atoms with Gasteiger partial charge in [-0.1, -0.05) is 115 Å². The minimum absolute atomic E-state index is 1.15. The molecule has 10 rings (SSSR count). The Labute approximate surface area is 307 Å². The summed E-state index contributed by atoms with van der Waals surface area (Å²) in [5, 5.41) is 10.2. The van der Waals surface area contributed by atoms with Crippen molar-refractivity contribution >= 4 is 80.9 Å². The molecule has 246 valence electrons. The zero-order valence-corrected chi connectivity index (χ0v) is 29.9. The number of thiophene rings is 1. The number of benzene rings is 9. The largest absolute Gasteiger partial charge is 0.310 e. The molecule has 0 aliphatic rings. The molecule has 0 aliphatic carbocycles. The average molecular weight is 682 g/mol. The Kier molecular flexibility index (Phi) is 7.19. The second-order valence-corrected chi connectivity index (χ2v) is 15.0. The summed E-state index contributed by atoms with van der Waals surface area (Å²) in [6.45, 7) is 4.31. The summed E-state index contributed by atoms with van der Waals surface area (Å²) in [7, 11) is 0. The van der Waals surface area contributed by atoms with Crippen molar-refractivity contribution in [2.24, 2.45) is 0 Å². The zero-order valence-electron chi connectivity index (χ0n) is 29.1. The Balaban J connectivity index is 1.14. The highest BCUT2D eigenvalue weighted by atomic mass is 32.1. The van der Waals surface area contributed by atoms with Crippen LogP contribution in [0.1, 0.15) is 11.1 Å². The quantitative estimate of drug-likeness (QED) is 0.163. The van der Waals surface area contributed by atoms with Crippen LogP contribution in [-0.2, 0) is 0 Å². The fourth-order valence-electron chi connectivity index (χ4n) is 8.14. The molecule has 1 nitrogen and oxygen atoms in total. The molecule has 0 aliphatic heterocycles. The summed E-state index contributed by atoms with van der Waals surface area (Å²) in [6, 6.07) is 65.1. The van der Waals surface area contributed by atoms with Crippen LogP contribution in [0, 0.1) is 13.8 Å². The highest BCUT2D eigenvalue weighted by Crippen LogP contribution is 2.46. The summed E-state index contributed by atoms with van der Waals surface area (Å²) in [4.78, 5) is 2.36. The third-order valence-corrected chi connectivity index (χ3v) is 11.6. The van der Waals surface area contributed by atoms with E-state index in [4.69, 9.17) is 0 Å². The first-order valence-corrected chi connectivity index (χ1v) is 18.7. The highest BCUT2D eigenvalue weighted by molar-refractivity contribution is 7.25. The first kappa shape index (κ1) is 30.6.